The Labute approximate surface area is 126 Å². The molecule has 1 heterocycles. The molecule has 0 bridgehead atoms. The molecule has 0 saturated heterocycles. The minimum atomic E-state index is 0.550. The van der Waals surface area contributed by atoms with Gasteiger partial charge in [0.1, 0.15) is 0 Å². The fraction of sp³-hybridized carbons (Fsp3) is 0.0667. The zero-order valence-electron chi connectivity index (χ0n) is 10.8. The maximum Gasteiger partial charge on any atom is 0.200 e. The summed E-state index contributed by atoms with van der Waals surface area (Å²) in [6.45, 7) is 1.97. The number of halogens is 1. The van der Waals surface area contributed by atoms with Crippen LogP contribution >= 0.6 is 23.8 Å². The van der Waals surface area contributed by atoms with Crippen molar-refractivity contribution in [3.05, 3.63) is 63.9 Å². The molecule has 0 aliphatic rings. The molecule has 0 amide bonds. The van der Waals surface area contributed by atoms with Crippen LogP contribution in [0, 0.1) is 11.7 Å². The molecule has 3 aromatic rings. The van der Waals surface area contributed by atoms with Gasteiger partial charge in [-0.15, -0.1) is 0 Å². The molecule has 3 rings (SSSR count). The van der Waals surface area contributed by atoms with Gasteiger partial charge in [-0.25, -0.2) is 0 Å². The van der Waals surface area contributed by atoms with Crippen LogP contribution in [0.25, 0.3) is 17.1 Å². The number of rotatable bonds is 2. The number of nitrogens with zero attached hydrogens (tertiary/aromatic N) is 2. The van der Waals surface area contributed by atoms with Crippen LogP contribution in [0.4, 0.5) is 0 Å². The van der Waals surface area contributed by atoms with Gasteiger partial charge in [0.15, 0.2) is 10.6 Å². The molecule has 2 aromatic carbocycles. The van der Waals surface area contributed by atoms with E-state index in [-0.39, 0.29) is 0 Å². The molecule has 1 aromatic heterocycles. The molecule has 5 heteroatoms. The maximum atomic E-state index is 6.20. The van der Waals surface area contributed by atoms with E-state index in [4.69, 9.17) is 23.8 Å². The summed E-state index contributed by atoms with van der Waals surface area (Å²) in [6.07, 6.45) is 0. The highest BCUT2D eigenvalue weighted by Crippen LogP contribution is 2.26. The van der Waals surface area contributed by atoms with Crippen LogP contribution < -0.4 is 0 Å². The van der Waals surface area contributed by atoms with E-state index in [2.05, 4.69) is 10.2 Å². The van der Waals surface area contributed by atoms with E-state index in [0.717, 1.165) is 22.6 Å². The maximum absolute atomic E-state index is 6.20. The highest BCUT2D eigenvalue weighted by molar-refractivity contribution is 7.71. The predicted molar refractivity (Wildman–Crippen MR) is 83.9 cm³/mol. The van der Waals surface area contributed by atoms with Gasteiger partial charge in [0.25, 0.3) is 0 Å². The molecule has 0 unspecified atom stereocenters. The second-order valence-corrected chi connectivity index (χ2v) is 5.23. The van der Waals surface area contributed by atoms with Crippen LogP contribution in [0.15, 0.2) is 48.5 Å². The van der Waals surface area contributed by atoms with Crippen LogP contribution in [0.2, 0.25) is 5.02 Å². The molecular weight excluding hydrogens is 290 g/mol. The average molecular weight is 302 g/mol. The Bertz CT molecular complexity index is 805. The number of nitrogens with one attached hydrogen (secondary N) is 1. The van der Waals surface area contributed by atoms with Crippen molar-refractivity contribution < 1.29 is 0 Å². The summed E-state index contributed by atoms with van der Waals surface area (Å²) in [5.74, 6) is 0.779. The first-order valence-corrected chi connectivity index (χ1v) is 6.95. The number of hydrogen-bond donors (Lipinski definition) is 1. The third kappa shape index (κ3) is 2.17. The van der Waals surface area contributed by atoms with Gasteiger partial charge in [0, 0.05) is 10.6 Å². The third-order valence-corrected chi connectivity index (χ3v) is 3.87. The second kappa shape index (κ2) is 5.23. The molecule has 20 heavy (non-hydrogen) atoms. The summed E-state index contributed by atoms with van der Waals surface area (Å²) < 4.78 is 2.46. The van der Waals surface area contributed by atoms with Crippen molar-refractivity contribution in [3.63, 3.8) is 0 Å². The van der Waals surface area contributed by atoms with E-state index in [9.17, 15) is 0 Å². The molecule has 0 aliphatic carbocycles. The van der Waals surface area contributed by atoms with Crippen molar-refractivity contribution in [3.8, 4) is 17.1 Å². The van der Waals surface area contributed by atoms with Crippen LogP contribution in [-0.2, 0) is 0 Å². The van der Waals surface area contributed by atoms with E-state index in [1.807, 2.05) is 60.0 Å². The summed E-state index contributed by atoms with van der Waals surface area (Å²) in [5, 5.41) is 7.90. The summed E-state index contributed by atoms with van der Waals surface area (Å²) in [5.41, 5.74) is 2.91. The standard InChI is InChI=1S/C15H12ClN3S/c1-10-12(16)8-5-9-13(10)19-14(17-18-15(19)20)11-6-3-2-4-7-11/h2-9H,1H3,(H,18,20). The largest absolute Gasteiger partial charge is 0.268 e. The summed E-state index contributed by atoms with van der Waals surface area (Å²) in [4.78, 5) is 0. The average Bonchev–Trinajstić information content (AvgIpc) is 2.85. The second-order valence-electron chi connectivity index (χ2n) is 4.44. The van der Waals surface area contributed by atoms with Gasteiger partial charge in [0.05, 0.1) is 5.69 Å². The summed E-state index contributed by atoms with van der Waals surface area (Å²) in [7, 11) is 0. The van der Waals surface area contributed by atoms with Crippen molar-refractivity contribution in [2.75, 3.05) is 0 Å². The SMILES string of the molecule is Cc1c(Cl)cccc1-n1c(-c2ccccc2)n[nH]c1=S. The smallest absolute Gasteiger partial charge is 0.200 e. The molecule has 100 valence electrons. The van der Waals surface area contributed by atoms with Crippen molar-refractivity contribution >= 4 is 23.8 Å². The van der Waals surface area contributed by atoms with Gasteiger partial charge in [-0.2, -0.15) is 5.10 Å². The Morgan fingerprint density at radius 1 is 1.10 bits per heavy atom. The molecule has 0 atom stereocenters. The van der Waals surface area contributed by atoms with Crippen LogP contribution in [0.1, 0.15) is 5.56 Å². The van der Waals surface area contributed by atoms with Crippen molar-refractivity contribution in [2.24, 2.45) is 0 Å². The molecule has 0 spiro atoms. The Balaban J connectivity index is 2.28. The first kappa shape index (κ1) is 13.1. The van der Waals surface area contributed by atoms with Crippen molar-refractivity contribution in [1.82, 2.24) is 14.8 Å². The summed E-state index contributed by atoms with van der Waals surface area (Å²) >= 11 is 11.6. The fourth-order valence-electron chi connectivity index (χ4n) is 2.14. The zero-order valence-corrected chi connectivity index (χ0v) is 12.4. The monoisotopic (exact) mass is 301 g/mol. The number of aromatic nitrogens is 3. The Morgan fingerprint density at radius 2 is 1.85 bits per heavy atom. The number of H-pyrrole nitrogens is 1. The number of aromatic amines is 1. The van der Waals surface area contributed by atoms with Gasteiger partial charge < -0.3 is 0 Å². The lowest BCUT2D eigenvalue weighted by atomic mass is 10.1. The Hall–Kier alpha value is -1.91. The molecule has 0 fully saturated rings. The molecule has 0 radical (unpaired) electrons. The van der Waals surface area contributed by atoms with Gasteiger partial charge in [-0.3, -0.25) is 9.67 Å². The van der Waals surface area contributed by atoms with E-state index < -0.39 is 0 Å². The Morgan fingerprint density at radius 3 is 2.60 bits per heavy atom. The van der Waals surface area contributed by atoms with Crippen molar-refractivity contribution in [2.45, 2.75) is 6.92 Å². The van der Waals surface area contributed by atoms with Gasteiger partial charge >= 0.3 is 0 Å². The van der Waals surface area contributed by atoms with E-state index in [1.165, 1.54) is 0 Å². The molecular formula is C15H12ClN3S. The topological polar surface area (TPSA) is 33.6 Å². The first-order valence-electron chi connectivity index (χ1n) is 6.17. The van der Waals surface area contributed by atoms with E-state index in [1.54, 1.807) is 0 Å². The molecule has 3 nitrogen and oxygen atoms in total. The minimum Gasteiger partial charge on any atom is -0.268 e. The highest BCUT2D eigenvalue weighted by atomic mass is 35.5. The van der Waals surface area contributed by atoms with Gasteiger partial charge in [-0.05, 0) is 36.8 Å². The highest BCUT2D eigenvalue weighted by Gasteiger charge is 2.13. The van der Waals surface area contributed by atoms with Crippen LogP contribution in [0.3, 0.4) is 0 Å². The predicted octanol–water partition coefficient (Wildman–Crippen LogP) is 4.56. The normalized spacial score (nSPS) is 10.7. The Kier molecular flexibility index (Phi) is 3.42. The lowest BCUT2D eigenvalue weighted by Gasteiger charge is -2.11. The fourth-order valence-corrected chi connectivity index (χ4v) is 2.54. The molecule has 0 aliphatic heterocycles. The minimum absolute atomic E-state index is 0.550. The van der Waals surface area contributed by atoms with Crippen LogP contribution in [0.5, 0.6) is 0 Å². The first-order chi connectivity index (χ1) is 9.68. The van der Waals surface area contributed by atoms with Crippen LogP contribution in [-0.4, -0.2) is 14.8 Å². The summed E-state index contributed by atoms with van der Waals surface area (Å²) in [6, 6.07) is 15.7. The van der Waals surface area contributed by atoms with Gasteiger partial charge in [0.2, 0.25) is 0 Å². The lowest BCUT2D eigenvalue weighted by Crippen LogP contribution is -2.00. The van der Waals surface area contributed by atoms with E-state index >= 15 is 0 Å². The zero-order chi connectivity index (χ0) is 14.1. The third-order valence-electron chi connectivity index (χ3n) is 3.18. The molecule has 1 N–H and O–H groups in total. The quantitative estimate of drug-likeness (QED) is 0.704. The lowest BCUT2D eigenvalue weighted by molar-refractivity contribution is 1.02. The number of hydrogen-bond acceptors (Lipinski definition) is 2. The van der Waals surface area contributed by atoms with Gasteiger partial charge in [-0.1, -0.05) is 48.0 Å². The van der Waals surface area contributed by atoms with Crippen molar-refractivity contribution in [1.29, 1.82) is 0 Å². The number of benzene rings is 2. The molecule has 0 saturated carbocycles. The van der Waals surface area contributed by atoms with E-state index in [0.29, 0.717) is 9.79 Å².